The Kier molecular flexibility index (Phi) is 8.69. The van der Waals surface area contributed by atoms with Crippen LogP contribution in [0.3, 0.4) is 0 Å². The summed E-state index contributed by atoms with van der Waals surface area (Å²) < 4.78 is 0. The lowest BCUT2D eigenvalue weighted by Gasteiger charge is -2.16. The lowest BCUT2D eigenvalue weighted by Crippen LogP contribution is -2.29. The number of likely N-dealkylation sites (tertiary alicyclic amines) is 1. The summed E-state index contributed by atoms with van der Waals surface area (Å²) in [7, 11) is 0. The first-order valence-electron chi connectivity index (χ1n) is 4.16. The summed E-state index contributed by atoms with van der Waals surface area (Å²) in [5.41, 5.74) is 5.76. The second kappa shape index (κ2) is 6.96. The average molecular weight is 215 g/mol. The van der Waals surface area contributed by atoms with Gasteiger partial charge in [0.2, 0.25) is 0 Å². The Labute approximate surface area is 87.7 Å². The zero-order valence-corrected chi connectivity index (χ0v) is 9.46. The Morgan fingerprint density at radius 2 is 2.00 bits per heavy atom. The second-order valence-corrected chi connectivity index (χ2v) is 3.70. The minimum atomic E-state index is 0. The van der Waals surface area contributed by atoms with E-state index in [9.17, 15) is 0 Å². The molecule has 1 saturated heterocycles. The van der Waals surface area contributed by atoms with E-state index in [-0.39, 0.29) is 24.8 Å². The first-order chi connectivity index (χ1) is 4.68. The highest BCUT2D eigenvalue weighted by molar-refractivity contribution is 5.85. The van der Waals surface area contributed by atoms with Crippen molar-refractivity contribution in [3.05, 3.63) is 0 Å². The predicted octanol–water partition coefficient (Wildman–Crippen LogP) is 1.52. The largest absolute Gasteiger partial charge is 0.326 e. The summed E-state index contributed by atoms with van der Waals surface area (Å²) in [6, 6.07) is 0.443. The van der Waals surface area contributed by atoms with Crippen LogP contribution in [0.2, 0.25) is 0 Å². The summed E-state index contributed by atoms with van der Waals surface area (Å²) in [5.74, 6) is 0.783. The maximum Gasteiger partial charge on any atom is 0.0180 e. The third-order valence-corrected chi connectivity index (χ3v) is 1.93. The summed E-state index contributed by atoms with van der Waals surface area (Å²) in [5, 5.41) is 0. The Morgan fingerprint density at radius 3 is 2.33 bits per heavy atom. The zero-order chi connectivity index (χ0) is 7.56. The van der Waals surface area contributed by atoms with Gasteiger partial charge in [-0.1, -0.05) is 13.8 Å². The van der Waals surface area contributed by atoms with Crippen LogP contribution in [0, 0.1) is 5.92 Å². The summed E-state index contributed by atoms with van der Waals surface area (Å²) in [6.07, 6.45) is 1.19. The maximum atomic E-state index is 5.76. The molecule has 0 radical (unpaired) electrons. The van der Waals surface area contributed by atoms with Crippen molar-refractivity contribution < 1.29 is 0 Å². The standard InChI is InChI=1S/C8H18N2.2ClH/c1-7(2)5-10-4-3-8(9)6-10;;/h7-8H,3-6,9H2,1-2H3;2*1H/t8-;;/m1../s1. The zero-order valence-electron chi connectivity index (χ0n) is 7.82. The third kappa shape index (κ3) is 5.20. The van der Waals surface area contributed by atoms with Crippen LogP contribution >= 0.6 is 24.8 Å². The van der Waals surface area contributed by atoms with E-state index < -0.39 is 0 Å². The summed E-state index contributed by atoms with van der Waals surface area (Å²) >= 11 is 0. The molecule has 2 nitrogen and oxygen atoms in total. The normalized spacial score (nSPS) is 23.5. The maximum absolute atomic E-state index is 5.76. The van der Waals surface area contributed by atoms with E-state index in [0.29, 0.717) is 6.04 Å². The van der Waals surface area contributed by atoms with Gasteiger partial charge in [-0.2, -0.15) is 0 Å². The average Bonchev–Trinajstić information content (AvgIpc) is 2.13. The van der Waals surface area contributed by atoms with Crippen LogP contribution in [0.1, 0.15) is 20.3 Å². The molecule has 1 heterocycles. The molecule has 4 heteroatoms. The molecule has 0 bridgehead atoms. The number of halogens is 2. The van der Waals surface area contributed by atoms with Crippen molar-refractivity contribution in [2.75, 3.05) is 19.6 Å². The monoisotopic (exact) mass is 214 g/mol. The minimum Gasteiger partial charge on any atom is -0.326 e. The van der Waals surface area contributed by atoms with E-state index in [0.717, 1.165) is 12.5 Å². The number of hydrogen-bond donors (Lipinski definition) is 1. The van der Waals surface area contributed by atoms with Crippen molar-refractivity contribution in [1.29, 1.82) is 0 Å². The van der Waals surface area contributed by atoms with E-state index in [1.165, 1.54) is 19.5 Å². The molecule has 0 aromatic heterocycles. The summed E-state index contributed by atoms with van der Waals surface area (Å²) in [6.45, 7) is 8.04. The topological polar surface area (TPSA) is 29.3 Å². The third-order valence-electron chi connectivity index (χ3n) is 1.93. The van der Waals surface area contributed by atoms with E-state index in [2.05, 4.69) is 18.7 Å². The first-order valence-corrected chi connectivity index (χ1v) is 4.16. The lowest BCUT2D eigenvalue weighted by molar-refractivity contribution is 0.295. The molecule has 0 aromatic carbocycles. The molecule has 0 saturated carbocycles. The van der Waals surface area contributed by atoms with Gasteiger partial charge in [0.25, 0.3) is 0 Å². The predicted molar refractivity (Wildman–Crippen MR) is 58.4 cm³/mol. The molecule has 1 fully saturated rings. The van der Waals surface area contributed by atoms with Gasteiger partial charge in [0.1, 0.15) is 0 Å². The van der Waals surface area contributed by atoms with Crippen molar-refractivity contribution in [1.82, 2.24) is 4.90 Å². The molecule has 0 unspecified atom stereocenters. The first kappa shape index (κ1) is 15.0. The number of hydrogen-bond acceptors (Lipinski definition) is 2. The van der Waals surface area contributed by atoms with Crippen LogP contribution in [0.25, 0.3) is 0 Å². The molecule has 2 N–H and O–H groups in total. The van der Waals surface area contributed by atoms with Crippen LogP contribution in [0.5, 0.6) is 0 Å². The number of rotatable bonds is 2. The van der Waals surface area contributed by atoms with Crippen molar-refractivity contribution in [3.63, 3.8) is 0 Å². The smallest absolute Gasteiger partial charge is 0.0180 e. The molecule has 1 atom stereocenters. The molecule has 1 rings (SSSR count). The van der Waals surface area contributed by atoms with Crippen LogP contribution in [-0.4, -0.2) is 30.6 Å². The fraction of sp³-hybridized carbons (Fsp3) is 1.00. The van der Waals surface area contributed by atoms with Crippen molar-refractivity contribution in [3.8, 4) is 0 Å². The number of nitrogens with two attached hydrogens (primary N) is 1. The summed E-state index contributed by atoms with van der Waals surface area (Å²) in [4.78, 5) is 2.45. The van der Waals surface area contributed by atoms with E-state index >= 15 is 0 Å². The Bertz CT molecular complexity index is 109. The number of nitrogens with zero attached hydrogens (tertiary/aromatic N) is 1. The van der Waals surface area contributed by atoms with Gasteiger partial charge < -0.3 is 10.6 Å². The van der Waals surface area contributed by atoms with Crippen molar-refractivity contribution >= 4 is 24.8 Å². The molecule has 0 amide bonds. The molecule has 1 aliphatic heterocycles. The Hall–Kier alpha value is 0.500. The molecule has 76 valence electrons. The minimum absolute atomic E-state index is 0. The van der Waals surface area contributed by atoms with Gasteiger partial charge in [-0.3, -0.25) is 0 Å². The van der Waals surface area contributed by atoms with Gasteiger partial charge in [-0.15, -0.1) is 24.8 Å². The van der Waals surface area contributed by atoms with Gasteiger partial charge in [-0.05, 0) is 18.9 Å². The Balaban J connectivity index is 0. The molecular weight excluding hydrogens is 195 g/mol. The van der Waals surface area contributed by atoms with Gasteiger partial charge in [-0.25, -0.2) is 0 Å². The van der Waals surface area contributed by atoms with E-state index in [1.54, 1.807) is 0 Å². The van der Waals surface area contributed by atoms with Gasteiger partial charge in [0, 0.05) is 19.1 Å². The van der Waals surface area contributed by atoms with Gasteiger partial charge in [0.15, 0.2) is 0 Å². The van der Waals surface area contributed by atoms with Gasteiger partial charge >= 0.3 is 0 Å². The molecule has 0 aromatic rings. The molecule has 0 spiro atoms. The SMILES string of the molecule is CC(C)CN1CC[C@@H](N)C1.Cl.Cl. The second-order valence-electron chi connectivity index (χ2n) is 3.70. The van der Waals surface area contributed by atoms with Crippen LogP contribution in [0.4, 0.5) is 0 Å². The quantitative estimate of drug-likeness (QED) is 0.756. The van der Waals surface area contributed by atoms with Crippen LogP contribution < -0.4 is 5.73 Å². The van der Waals surface area contributed by atoms with E-state index in [1.807, 2.05) is 0 Å². The fourth-order valence-electron chi connectivity index (χ4n) is 1.54. The molecular formula is C8H20Cl2N2. The molecule has 0 aliphatic carbocycles. The van der Waals surface area contributed by atoms with Crippen molar-refractivity contribution in [2.45, 2.75) is 26.3 Å². The van der Waals surface area contributed by atoms with Crippen molar-refractivity contribution in [2.24, 2.45) is 11.7 Å². The fourth-order valence-corrected chi connectivity index (χ4v) is 1.54. The molecule has 1 aliphatic rings. The highest BCUT2D eigenvalue weighted by Gasteiger charge is 2.18. The lowest BCUT2D eigenvalue weighted by atomic mass is 10.2. The van der Waals surface area contributed by atoms with Crippen LogP contribution in [0.15, 0.2) is 0 Å². The Morgan fingerprint density at radius 1 is 1.42 bits per heavy atom. The highest BCUT2D eigenvalue weighted by Crippen LogP contribution is 2.08. The van der Waals surface area contributed by atoms with Gasteiger partial charge in [0.05, 0.1) is 0 Å². The van der Waals surface area contributed by atoms with Crippen LogP contribution in [-0.2, 0) is 0 Å². The van der Waals surface area contributed by atoms with E-state index in [4.69, 9.17) is 5.73 Å². The highest BCUT2D eigenvalue weighted by atomic mass is 35.5. The molecule has 12 heavy (non-hydrogen) atoms.